The molecule has 102 valence electrons. The van der Waals surface area contributed by atoms with Crippen LogP contribution in [-0.4, -0.2) is 19.1 Å². The van der Waals surface area contributed by atoms with Gasteiger partial charge in [-0.1, -0.05) is 6.58 Å². The molecule has 0 spiro atoms. The van der Waals surface area contributed by atoms with Crippen LogP contribution in [0.15, 0.2) is 11.5 Å². The third-order valence-corrected chi connectivity index (χ3v) is 6.27. The molecule has 0 radical (unpaired) electrons. The number of hydrogen-bond acceptors (Lipinski definition) is 3. The fourth-order valence-corrected chi connectivity index (χ4v) is 5.49. The summed E-state index contributed by atoms with van der Waals surface area (Å²) in [7, 11) is -3.75. The summed E-state index contributed by atoms with van der Waals surface area (Å²) in [5.74, 6) is 1.29. The topological polar surface area (TPSA) is 80.4 Å². The lowest BCUT2D eigenvalue weighted by Gasteiger charge is -2.44. The molecule has 4 fully saturated rings. The maximum absolute atomic E-state index is 11.5. The van der Waals surface area contributed by atoms with Gasteiger partial charge in [0.05, 0.1) is 10.5 Å². The first-order valence-electron chi connectivity index (χ1n) is 6.72. The molecule has 0 aromatic heterocycles. The molecule has 3 unspecified atom stereocenters. The first kappa shape index (κ1) is 12.6. The molecule has 4 nitrogen and oxygen atoms in total. The van der Waals surface area contributed by atoms with Crippen molar-refractivity contribution in [1.29, 1.82) is 0 Å². The maximum atomic E-state index is 11.5. The molecule has 0 heterocycles. The molecular weight excluding hydrogens is 250 g/mol. The van der Waals surface area contributed by atoms with E-state index in [0.717, 1.165) is 32.1 Å². The molecule has 0 aromatic rings. The molecule has 0 amide bonds. The fraction of sp³-hybridized carbons (Fsp3) is 0.846. The fourth-order valence-electron chi connectivity index (χ4n) is 4.78. The molecule has 5 heteroatoms. The van der Waals surface area contributed by atoms with Gasteiger partial charge >= 0.3 is 0 Å². The molecule has 4 aliphatic rings. The summed E-state index contributed by atoms with van der Waals surface area (Å²) in [6, 6.07) is 0. The van der Waals surface area contributed by atoms with E-state index in [2.05, 4.69) is 6.58 Å². The standard InChI is InChI=1S/C13H21NO3S/c1-8(18(14,16)17)12-5-9-2-10-4-11(3-9)7-13(12,15)6-10/h9-12,15H,1-7H2,(H2,14,16,17)/t9?,10-,11+,12?,13?. The molecule has 5 atom stereocenters. The van der Waals surface area contributed by atoms with E-state index in [1.807, 2.05) is 0 Å². The summed E-state index contributed by atoms with van der Waals surface area (Å²) >= 11 is 0. The summed E-state index contributed by atoms with van der Waals surface area (Å²) in [5, 5.41) is 16.1. The smallest absolute Gasteiger partial charge is 0.233 e. The Kier molecular flexibility index (Phi) is 2.67. The lowest BCUT2D eigenvalue weighted by molar-refractivity contribution is -0.0629. The van der Waals surface area contributed by atoms with E-state index in [1.54, 1.807) is 0 Å². The first-order valence-corrected chi connectivity index (χ1v) is 8.26. The highest BCUT2D eigenvalue weighted by Gasteiger charge is 2.53. The second kappa shape index (κ2) is 3.81. The second-order valence-electron chi connectivity index (χ2n) is 6.62. The average molecular weight is 271 g/mol. The highest BCUT2D eigenvalue weighted by Crippen LogP contribution is 2.56. The van der Waals surface area contributed by atoms with Crippen molar-refractivity contribution in [2.75, 3.05) is 0 Å². The van der Waals surface area contributed by atoms with Gasteiger partial charge in [-0.2, -0.15) is 0 Å². The Morgan fingerprint density at radius 3 is 2.11 bits per heavy atom. The molecule has 0 aromatic carbocycles. The molecule has 4 saturated carbocycles. The number of hydrogen-bond donors (Lipinski definition) is 2. The zero-order chi connectivity index (χ0) is 13.1. The summed E-state index contributed by atoms with van der Waals surface area (Å²) < 4.78 is 23.1. The SMILES string of the molecule is C=C(C1CC2C[C@@H]3C[C@H](C2)CC1(O)C3)S(N)(=O)=O. The second-order valence-corrected chi connectivity index (χ2v) is 8.23. The highest BCUT2D eigenvalue weighted by molar-refractivity contribution is 7.93. The molecular formula is C13H21NO3S. The summed E-state index contributed by atoms with van der Waals surface area (Å²) in [6.45, 7) is 3.66. The van der Waals surface area contributed by atoms with Crippen LogP contribution in [0.1, 0.15) is 38.5 Å². The summed E-state index contributed by atoms with van der Waals surface area (Å²) in [6.07, 6.45) is 5.64. The predicted octanol–water partition coefficient (Wildman–Crippen LogP) is 1.37. The number of fused-ring (bicyclic) bond motifs is 1. The van der Waals surface area contributed by atoms with Crippen molar-refractivity contribution in [3.63, 3.8) is 0 Å². The van der Waals surface area contributed by atoms with E-state index in [-0.39, 0.29) is 10.8 Å². The Labute approximate surface area is 108 Å². The van der Waals surface area contributed by atoms with E-state index in [1.165, 1.54) is 6.42 Å². The lowest BCUT2D eigenvalue weighted by Crippen LogP contribution is -2.45. The van der Waals surface area contributed by atoms with Crippen LogP contribution in [0.3, 0.4) is 0 Å². The molecule has 4 aliphatic carbocycles. The molecule has 18 heavy (non-hydrogen) atoms. The Balaban J connectivity index is 1.98. The minimum absolute atomic E-state index is 0.0400. The van der Waals surface area contributed by atoms with Gasteiger partial charge in [0, 0.05) is 5.92 Å². The van der Waals surface area contributed by atoms with Crippen molar-refractivity contribution in [2.45, 2.75) is 44.1 Å². The monoisotopic (exact) mass is 271 g/mol. The van der Waals surface area contributed by atoms with Gasteiger partial charge in [-0.25, -0.2) is 13.6 Å². The van der Waals surface area contributed by atoms with E-state index >= 15 is 0 Å². The lowest BCUT2D eigenvalue weighted by atomic mass is 9.65. The molecule has 4 bridgehead atoms. The first-order chi connectivity index (χ1) is 8.28. The van der Waals surface area contributed by atoms with Gasteiger partial charge in [-0.05, 0) is 56.3 Å². The van der Waals surface area contributed by atoms with Crippen LogP contribution >= 0.6 is 0 Å². The van der Waals surface area contributed by atoms with Crippen LogP contribution < -0.4 is 5.14 Å². The third kappa shape index (κ3) is 1.92. The maximum Gasteiger partial charge on any atom is 0.233 e. The molecule has 0 aliphatic heterocycles. The minimum Gasteiger partial charge on any atom is -0.389 e. The summed E-state index contributed by atoms with van der Waals surface area (Å²) in [4.78, 5) is 0.0400. The summed E-state index contributed by atoms with van der Waals surface area (Å²) in [5.41, 5.74) is -0.887. The number of sulfonamides is 1. The van der Waals surface area contributed by atoms with Gasteiger partial charge in [-0.15, -0.1) is 0 Å². The Morgan fingerprint density at radius 1 is 1.11 bits per heavy atom. The van der Waals surface area contributed by atoms with Crippen molar-refractivity contribution < 1.29 is 13.5 Å². The minimum atomic E-state index is -3.75. The normalized spacial score (nSPS) is 47.0. The van der Waals surface area contributed by atoms with E-state index < -0.39 is 15.6 Å². The molecule has 4 rings (SSSR count). The van der Waals surface area contributed by atoms with Crippen molar-refractivity contribution in [1.82, 2.24) is 0 Å². The van der Waals surface area contributed by atoms with Crippen molar-refractivity contribution in [3.8, 4) is 0 Å². The van der Waals surface area contributed by atoms with Gasteiger partial charge < -0.3 is 5.11 Å². The number of primary sulfonamides is 1. The van der Waals surface area contributed by atoms with Crippen LogP contribution in [0.5, 0.6) is 0 Å². The van der Waals surface area contributed by atoms with Crippen LogP contribution in [0, 0.1) is 23.7 Å². The Hall–Kier alpha value is -0.390. The Morgan fingerprint density at radius 2 is 1.61 bits per heavy atom. The zero-order valence-corrected chi connectivity index (χ0v) is 11.3. The van der Waals surface area contributed by atoms with Gasteiger partial charge in [0.1, 0.15) is 0 Å². The van der Waals surface area contributed by atoms with Crippen LogP contribution in [-0.2, 0) is 10.0 Å². The molecule has 0 saturated heterocycles. The largest absolute Gasteiger partial charge is 0.389 e. The average Bonchev–Trinajstić information content (AvgIpc) is 2.36. The predicted molar refractivity (Wildman–Crippen MR) is 68.9 cm³/mol. The number of nitrogens with two attached hydrogens (primary N) is 1. The number of aliphatic hydroxyl groups is 1. The number of rotatable bonds is 2. The van der Waals surface area contributed by atoms with Gasteiger partial charge in [0.25, 0.3) is 0 Å². The van der Waals surface area contributed by atoms with E-state index in [9.17, 15) is 13.5 Å². The third-order valence-electron chi connectivity index (χ3n) is 5.26. The van der Waals surface area contributed by atoms with Crippen molar-refractivity contribution in [3.05, 3.63) is 11.5 Å². The van der Waals surface area contributed by atoms with Gasteiger partial charge in [0.15, 0.2) is 0 Å². The van der Waals surface area contributed by atoms with Crippen molar-refractivity contribution >= 4 is 10.0 Å². The van der Waals surface area contributed by atoms with E-state index in [4.69, 9.17) is 5.14 Å². The quantitative estimate of drug-likeness (QED) is 0.796. The molecule has 3 N–H and O–H groups in total. The van der Waals surface area contributed by atoms with Crippen molar-refractivity contribution in [2.24, 2.45) is 28.8 Å². The van der Waals surface area contributed by atoms with Crippen LogP contribution in [0.4, 0.5) is 0 Å². The van der Waals surface area contributed by atoms with Crippen LogP contribution in [0.2, 0.25) is 0 Å². The zero-order valence-electron chi connectivity index (χ0n) is 10.5. The van der Waals surface area contributed by atoms with Gasteiger partial charge in [-0.3, -0.25) is 0 Å². The van der Waals surface area contributed by atoms with Gasteiger partial charge in [0.2, 0.25) is 10.0 Å². The Bertz CT molecular complexity index is 470. The van der Waals surface area contributed by atoms with Crippen LogP contribution in [0.25, 0.3) is 0 Å². The highest BCUT2D eigenvalue weighted by atomic mass is 32.2. The van der Waals surface area contributed by atoms with E-state index in [0.29, 0.717) is 17.8 Å².